The minimum Gasteiger partial charge on any atom is -0.497 e. The van der Waals surface area contributed by atoms with E-state index in [9.17, 15) is 4.79 Å². The lowest BCUT2D eigenvalue weighted by Gasteiger charge is -2.15. The zero-order valence-electron chi connectivity index (χ0n) is 13.3. The van der Waals surface area contributed by atoms with Crippen LogP contribution in [-0.4, -0.2) is 35.4 Å². The summed E-state index contributed by atoms with van der Waals surface area (Å²) in [6, 6.07) is 8.14. The van der Waals surface area contributed by atoms with Gasteiger partial charge in [-0.05, 0) is 56.0 Å². The Morgan fingerprint density at radius 3 is 2.83 bits per heavy atom. The highest BCUT2D eigenvalue weighted by Crippen LogP contribution is 2.27. The fourth-order valence-corrected chi connectivity index (χ4v) is 3.20. The van der Waals surface area contributed by atoms with Gasteiger partial charge in [0, 0.05) is 17.5 Å². The Balaban J connectivity index is 1.75. The van der Waals surface area contributed by atoms with Gasteiger partial charge in [0.05, 0.1) is 12.6 Å². The summed E-state index contributed by atoms with van der Waals surface area (Å²) >= 11 is 0. The van der Waals surface area contributed by atoms with Crippen LogP contribution in [0, 0.1) is 6.92 Å². The van der Waals surface area contributed by atoms with Gasteiger partial charge < -0.3 is 20.5 Å². The molecule has 6 nitrogen and oxygen atoms in total. The number of amides is 1. The van der Waals surface area contributed by atoms with E-state index in [1.807, 2.05) is 24.3 Å². The maximum atomic E-state index is 10.7. The van der Waals surface area contributed by atoms with Crippen molar-refractivity contribution in [3.63, 3.8) is 0 Å². The van der Waals surface area contributed by atoms with Gasteiger partial charge in [0.2, 0.25) is 0 Å². The van der Waals surface area contributed by atoms with Gasteiger partial charge in [-0.3, -0.25) is 0 Å². The van der Waals surface area contributed by atoms with Crippen molar-refractivity contribution in [1.29, 1.82) is 0 Å². The van der Waals surface area contributed by atoms with E-state index >= 15 is 0 Å². The number of benzene rings is 1. The third-order valence-corrected chi connectivity index (χ3v) is 4.33. The second kappa shape index (κ2) is 6.32. The summed E-state index contributed by atoms with van der Waals surface area (Å²) in [7, 11) is 1.65. The standard InChI is InChI=1S/C17H21N3O3/c1-10-7-16(18-11-3-4-12(8-11)19-17(21)22)20-15-6-5-13(23-2)9-14(10)15/h5-7,9,11-12,19H,3-4,8H2,1-2H3,(H,18,20)(H,21,22)/t11-,12-/m0/s1. The summed E-state index contributed by atoms with van der Waals surface area (Å²) in [5, 5.41) is 15.9. The molecule has 3 N–H and O–H groups in total. The van der Waals surface area contributed by atoms with Gasteiger partial charge >= 0.3 is 6.09 Å². The molecule has 1 aliphatic carbocycles. The molecule has 0 saturated heterocycles. The number of aryl methyl sites for hydroxylation is 1. The van der Waals surface area contributed by atoms with Gasteiger partial charge in [0.1, 0.15) is 11.6 Å². The van der Waals surface area contributed by atoms with Gasteiger partial charge in [-0.1, -0.05) is 0 Å². The summed E-state index contributed by atoms with van der Waals surface area (Å²) in [6.07, 6.45) is 1.62. The fraction of sp³-hybridized carbons (Fsp3) is 0.412. The van der Waals surface area contributed by atoms with Crippen LogP contribution in [0.3, 0.4) is 0 Å². The number of aromatic nitrogens is 1. The summed E-state index contributed by atoms with van der Waals surface area (Å²) < 4.78 is 5.26. The molecule has 3 rings (SSSR count). The number of methoxy groups -OCH3 is 1. The third kappa shape index (κ3) is 3.47. The predicted octanol–water partition coefficient (Wildman–Crippen LogP) is 3.15. The molecule has 122 valence electrons. The van der Waals surface area contributed by atoms with E-state index < -0.39 is 6.09 Å². The molecular formula is C17H21N3O3. The number of carboxylic acid groups (broad SMARTS) is 1. The quantitative estimate of drug-likeness (QED) is 0.807. The number of nitrogens with one attached hydrogen (secondary N) is 2. The highest BCUT2D eigenvalue weighted by molar-refractivity contribution is 5.85. The minimum absolute atomic E-state index is 0.0239. The molecule has 6 heteroatoms. The van der Waals surface area contributed by atoms with Gasteiger partial charge in [0.25, 0.3) is 0 Å². The Morgan fingerprint density at radius 2 is 2.09 bits per heavy atom. The van der Waals surface area contributed by atoms with Crippen molar-refractivity contribution in [2.75, 3.05) is 12.4 Å². The van der Waals surface area contributed by atoms with Crippen LogP contribution in [0.2, 0.25) is 0 Å². The van der Waals surface area contributed by atoms with Crippen molar-refractivity contribution in [1.82, 2.24) is 10.3 Å². The topological polar surface area (TPSA) is 83.5 Å². The van der Waals surface area contributed by atoms with E-state index in [0.29, 0.717) is 0 Å². The Bertz CT molecular complexity index is 732. The smallest absolute Gasteiger partial charge is 0.404 e. The average molecular weight is 315 g/mol. The summed E-state index contributed by atoms with van der Waals surface area (Å²) in [4.78, 5) is 15.4. The molecule has 1 aromatic carbocycles. The highest BCUT2D eigenvalue weighted by Gasteiger charge is 2.26. The number of fused-ring (bicyclic) bond motifs is 1. The molecule has 0 radical (unpaired) electrons. The number of ether oxygens (including phenoxy) is 1. The zero-order chi connectivity index (χ0) is 16.4. The van der Waals surface area contributed by atoms with E-state index in [0.717, 1.165) is 47.3 Å². The van der Waals surface area contributed by atoms with Crippen molar-refractivity contribution >= 4 is 22.8 Å². The normalized spacial score (nSPS) is 20.4. The second-order valence-electron chi connectivity index (χ2n) is 6.01. The van der Waals surface area contributed by atoms with E-state index in [2.05, 4.69) is 22.5 Å². The minimum atomic E-state index is -0.954. The predicted molar refractivity (Wildman–Crippen MR) is 89.2 cm³/mol. The fourth-order valence-electron chi connectivity index (χ4n) is 3.20. The number of anilines is 1. The number of hydrogen-bond donors (Lipinski definition) is 3. The first kappa shape index (κ1) is 15.4. The maximum Gasteiger partial charge on any atom is 0.404 e. The lowest BCUT2D eigenvalue weighted by molar-refractivity contribution is 0.190. The molecule has 2 atom stereocenters. The Labute approximate surface area is 134 Å². The van der Waals surface area contributed by atoms with Crippen LogP contribution in [0.1, 0.15) is 24.8 Å². The molecule has 1 saturated carbocycles. The summed E-state index contributed by atoms with van der Waals surface area (Å²) in [5.74, 6) is 1.66. The molecule has 0 bridgehead atoms. The zero-order valence-corrected chi connectivity index (χ0v) is 13.3. The van der Waals surface area contributed by atoms with E-state index in [1.54, 1.807) is 7.11 Å². The first-order valence-corrected chi connectivity index (χ1v) is 7.76. The monoisotopic (exact) mass is 315 g/mol. The van der Waals surface area contributed by atoms with E-state index in [4.69, 9.17) is 9.84 Å². The van der Waals surface area contributed by atoms with E-state index in [-0.39, 0.29) is 12.1 Å². The molecule has 1 aliphatic rings. The Morgan fingerprint density at radius 1 is 1.30 bits per heavy atom. The molecule has 1 aromatic heterocycles. The van der Waals surface area contributed by atoms with E-state index in [1.165, 1.54) is 0 Å². The summed E-state index contributed by atoms with van der Waals surface area (Å²) in [6.45, 7) is 2.05. The number of hydrogen-bond acceptors (Lipinski definition) is 4. The van der Waals surface area contributed by atoms with Crippen LogP contribution < -0.4 is 15.4 Å². The lowest BCUT2D eigenvalue weighted by Crippen LogP contribution is -2.32. The SMILES string of the molecule is COc1ccc2nc(N[C@H]3CC[C@H](NC(=O)O)C3)cc(C)c2c1. The maximum absolute atomic E-state index is 10.7. The number of carbonyl (C=O) groups is 1. The van der Waals surface area contributed by atoms with Crippen molar-refractivity contribution in [2.24, 2.45) is 0 Å². The molecule has 2 aromatic rings. The molecule has 1 fully saturated rings. The van der Waals surface area contributed by atoms with Crippen LogP contribution in [-0.2, 0) is 0 Å². The lowest BCUT2D eigenvalue weighted by atomic mass is 10.1. The van der Waals surface area contributed by atoms with Crippen LogP contribution in [0.5, 0.6) is 5.75 Å². The molecule has 1 amide bonds. The second-order valence-corrected chi connectivity index (χ2v) is 6.01. The molecule has 0 spiro atoms. The molecule has 0 aliphatic heterocycles. The largest absolute Gasteiger partial charge is 0.497 e. The van der Waals surface area contributed by atoms with Crippen LogP contribution >= 0.6 is 0 Å². The summed E-state index contributed by atoms with van der Waals surface area (Å²) in [5.41, 5.74) is 2.06. The molecule has 1 heterocycles. The number of pyridine rings is 1. The van der Waals surface area contributed by atoms with Crippen molar-refractivity contribution < 1.29 is 14.6 Å². The Kier molecular flexibility index (Phi) is 4.23. The van der Waals surface area contributed by atoms with Gasteiger partial charge in [-0.15, -0.1) is 0 Å². The van der Waals surface area contributed by atoms with Crippen LogP contribution in [0.25, 0.3) is 10.9 Å². The molecule has 23 heavy (non-hydrogen) atoms. The first-order chi connectivity index (χ1) is 11.0. The Hall–Kier alpha value is -2.50. The van der Waals surface area contributed by atoms with Crippen LogP contribution in [0.4, 0.5) is 10.6 Å². The highest BCUT2D eigenvalue weighted by atomic mass is 16.5. The third-order valence-electron chi connectivity index (χ3n) is 4.33. The average Bonchev–Trinajstić information content (AvgIpc) is 2.93. The molecular weight excluding hydrogens is 294 g/mol. The number of rotatable bonds is 4. The van der Waals surface area contributed by atoms with Gasteiger partial charge in [-0.2, -0.15) is 0 Å². The van der Waals surface area contributed by atoms with Crippen molar-refractivity contribution in [2.45, 2.75) is 38.3 Å². The van der Waals surface area contributed by atoms with Gasteiger partial charge in [0.15, 0.2) is 0 Å². The number of nitrogens with zero attached hydrogens (tertiary/aromatic N) is 1. The first-order valence-electron chi connectivity index (χ1n) is 7.76. The van der Waals surface area contributed by atoms with Crippen LogP contribution in [0.15, 0.2) is 24.3 Å². The van der Waals surface area contributed by atoms with Gasteiger partial charge in [-0.25, -0.2) is 9.78 Å². The van der Waals surface area contributed by atoms with Crippen molar-refractivity contribution in [3.8, 4) is 5.75 Å². The molecule has 0 unspecified atom stereocenters. The van der Waals surface area contributed by atoms with Crippen molar-refractivity contribution in [3.05, 3.63) is 29.8 Å².